The van der Waals surface area contributed by atoms with E-state index in [1.807, 2.05) is 31.2 Å². The first-order chi connectivity index (χ1) is 11.5. The SMILES string of the molecule is Cc1ccc(C(=O)OCc2nc(-c3ccccc3C)no2)cc1F. The van der Waals surface area contributed by atoms with Crippen LogP contribution in [-0.4, -0.2) is 16.1 Å². The first-order valence-electron chi connectivity index (χ1n) is 7.36. The minimum Gasteiger partial charge on any atom is -0.452 e. The second kappa shape index (κ2) is 6.62. The third kappa shape index (κ3) is 3.32. The minimum atomic E-state index is -0.649. The number of ether oxygens (including phenoxy) is 1. The van der Waals surface area contributed by atoms with Crippen molar-refractivity contribution in [1.29, 1.82) is 0 Å². The van der Waals surface area contributed by atoms with Crippen molar-refractivity contribution >= 4 is 5.97 Å². The van der Waals surface area contributed by atoms with Crippen LogP contribution in [-0.2, 0) is 11.3 Å². The molecule has 0 unspecified atom stereocenters. The Hall–Kier alpha value is -3.02. The van der Waals surface area contributed by atoms with E-state index in [0.717, 1.165) is 17.2 Å². The Labute approximate surface area is 138 Å². The van der Waals surface area contributed by atoms with E-state index in [4.69, 9.17) is 9.26 Å². The van der Waals surface area contributed by atoms with Crippen LogP contribution >= 0.6 is 0 Å². The van der Waals surface area contributed by atoms with Crippen molar-refractivity contribution in [3.63, 3.8) is 0 Å². The summed E-state index contributed by atoms with van der Waals surface area (Å²) in [6.45, 7) is 3.39. The Morgan fingerprint density at radius 3 is 2.71 bits per heavy atom. The molecule has 0 spiro atoms. The van der Waals surface area contributed by atoms with Crippen LogP contribution in [0.25, 0.3) is 11.4 Å². The van der Waals surface area contributed by atoms with Crippen LogP contribution in [0.3, 0.4) is 0 Å². The monoisotopic (exact) mass is 326 g/mol. The van der Waals surface area contributed by atoms with Gasteiger partial charge in [0.25, 0.3) is 5.89 Å². The van der Waals surface area contributed by atoms with Crippen LogP contribution in [0.4, 0.5) is 4.39 Å². The van der Waals surface area contributed by atoms with Crippen LogP contribution in [0, 0.1) is 19.7 Å². The third-order valence-electron chi connectivity index (χ3n) is 3.59. The van der Waals surface area contributed by atoms with E-state index in [1.54, 1.807) is 6.92 Å². The summed E-state index contributed by atoms with van der Waals surface area (Å²) in [6, 6.07) is 11.8. The van der Waals surface area contributed by atoms with Crippen LogP contribution in [0.5, 0.6) is 0 Å². The second-order valence-corrected chi connectivity index (χ2v) is 5.37. The minimum absolute atomic E-state index is 0.136. The third-order valence-corrected chi connectivity index (χ3v) is 3.59. The lowest BCUT2D eigenvalue weighted by Crippen LogP contribution is -2.06. The van der Waals surface area contributed by atoms with Gasteiger partial charge in [0.05, 0.1) is 5.56 Å². The van der Waals surface area contributed by atoms with Gasteiger partial charge >= 0.3 is 5.97 Å². The number of rotatable bonds is 4. The zero-order chi connectivity index (χ0) is 17.1. The lowest BCUT2D eigenvalue weighted by molar-refractivity contribution is 0.0429. The van der Waals surface area contributed by atoms with E-state index in [-0.39, 0.29) is 18.1 Å². The van der Waals surface area contributed by atoms with Crippen molar-refractivity contribution in [3.05, 3.63) is 70.9 Å². The molecule has 0 amide bonds. The van der Waals surface area contributed by atoms with Crippen LogP contribution in [0.1, 0.15) is 27.4 Å². The number of esters is 1. The largest absolute Gasteiger partial charge is 0.452 e. The Kier molecular flexibility index (Phi) is 4.37. The molecule has 5 nitrogen and oxygen atoms in total. The summed E-state index contributed by atoms with van der Waals surface area (Å²) in [5.41, 5.74) is 2.46. The maximum atomic E-state index is 13.5. The van der Waals surface area contributed by atoms with Gasteiger partial charge in [0.2, 0.25) is 5.82 Å². The zero-order valence-corrected chi connectivity index (χ0v) is 13.2. The fourth-order valence-corrected chi connectivity index (χ4v) is 2.18. The molecule has 0 aliphatic heterocycles. The Morgan fingerprint density at radius 2 is 1.96 bits per heavy atom. The fraction of sp³-hybridized carbons (Fsp3) is 0.167. The predicted molar refractivity (Wildman–Crippen MR) is 84.7 cm³/mol. The summed E-state index contributed by atoms with van der Waals surface area (Å²) in [7, 11) is 0. The standard InChI is InChI=1S/C18H15FN2O3/c1-11-5-3-4-6-14(11)17-20-16(24-21-17)10-23-18(22)13-8-7-12(2)15(19)9-13/h3-9H,10H2,1-2H3. The number of nitrogens with zero attached hydrogens (tertiary/aromatic N) is 2. The highest BCUT2D eigenvalue weighted by Crippen LogP contribution is 2.20. The van der Waals surface area contributed by atoms with Crippen molar-refractivity contribution in [1.82, 2.24) is 10.1 Å². The highest BCUT2D eigenvalue weighted by atomic mass is 19.1. The molecule has 3 rings (SSSR count). The molecule has 6 heteroatoms. The number of carbonyl (C=O) groups excluding carboxylic acids is 1. The Balaban J connectivity index is 1.68. The molecule has 0 aliphatic rings. The van der Waals surface area contributed by atoms with Gasteiger partial charge in [-0.25, -0.2) is 9.18 Å². The van der Waals surface area contributed by atoms with E-state index in [9.17, 15) is 9.18 Å². The first-order valence-corrected chi connectivity index (χ1v) is 7.36. The summed E-state index contributed by atoms with van der Waals surface area (Å²) in [4.78, 5) is 16.1. The van der Waals surface area contributed by atoms with Gasteiger partial charge in [-0.3, -0.25) is 0 Å². The summed E-state index contributed by atoms with van der Waals surface area (Å²) in [5.74, 6) is -0.497. The number of halogens is 1. The number of carbonyl (C=O) groups is 1. The topological polar surface area (TPSA) is 65.2 Å². The number of hydrogen-bond acceptors (Lipinski definition) is 5. The fourth-order valence-electron chi connectivity index (χ4n) is 2.18. The molecule has 122 valence electrons. The second-order valence-electron chi connectivity index (χ2n) is 5.37. The Bertz CT molecular complexity index is 889. The molecule has 2 aromatic carbocycles. The molecule has 0 radical (unpaired) electrons. The average Bonchev–Trinajstić information content (AvgIpc) is 3.04. The molecule has 1 aromatic heterocycles. The predicted octanol–water partition coefficient (Wildman–Crippen LogP) is 3.85. The molecule has 0 bridgehead atoms. The van der Waals surface area contributed by atoms with E-state index in [2.05, 4.69) is 10.1 Å². The molecule has 3 aromatic rings. The molecule has 0 atom stereocenters. The molecule has 0 saturated heterocycles. The van der Waals surface area contributed by atoms with Gasteiger partial charge in [-0.1, -0.05) is 35.5 Å². The summed E-state index contributed by atoms with van der Waals surface area (Å²) in [5, 5.41) is 3.89. The molecular weight excluding hydrogens is 311 g/mol. The maximum Gasteiger partial charge on any atom is 0.338 e. The summed E-state index contributed by atoms with van der Waals surface area (Å²) in [6.07, 6.45) is 0. The van der Waals surface area contributed by atoms with E-state index >= 15 is 0 Å². The van der Waals surface area contributed by atoms with Gasteiger partial charge in [-0.05, 0) is 37.1 Å². The number of aromatic nitrogens is 2. The maximum absolute atomic E-state index is 13.5. The number of benzene rings is 2. The number of hydrogen-bond donors (Lipinski definition) is 0. The molecule has 1 heterocycles. The van der Waals surface area contributed by atoms with Gasteiger partial charge in [-0.15, -0.1) is 0 Å². The van der Waals surface area contributed by atoms with Crippen molar-refractivity contribution in [2.45, 2.75) is 20.5 Å². The normalized spacial score (nSPS) is 10.6. The Morgan fingerprint density at radius 1 is 1.17 bits per heavy atom. The van der Waals surface area contributed by atoms with Crippen molar-refractivity contribution in [3.8, 4) is 11.4 Å². The van der Waals surface area contributed by atoms with Gasteiger partial charge in [0.1, 0.15) is 5.82 Å². The number of aryl methyl sites for hydroxylation is 2. The van der Waals surface area contributed by atoms with Crippen molar-refractivity contribution < 1.29 is 18.4 Å². The highest BCUT2D eigenvalue weighted by molar-refractivity contribution is 5.89. The molecular formula is C18H15FN2O3. The van der Waals surface area contributed by atoms with Crippen LogP contribution in [0.15, 0.2) is 47.0 Å². The summed E-state index contributed by atoms with van der Waals surface area (Å²) >= 11 is 0. The van der Waals surface area contributed by atoms with E-state index < -0.39 is 11.8 Å². The quantitative estimate of drug-likeness (QED) is 0.681. The molecule has 0 aliphatic carbocycles. The lowest BCUT2D eigenvalue weighted by atomic mass is 10.1. The first kappa shape index (κ1) is 15.9. The molecule has 0 fully saturated rings. The van der Waals surface area contributed by atoms with Gasteiger partial charge in [0, 0.05) is 5.56 Å². The lowest BCUT2D eigenvalue weighted by Gasteiger charge is -2.03. The van der Waals surface area contributed by atoms with Gasteiger partial charge in [-0.2, -0.15) is 4.98 Å². The van der Waals surface area contributed by atoms with Gasteiger partial charge in [0.15, 0.2) is 6.61 Å². The molecule has 0 saturated carbocycles. The average molecular weight is 326 g/mol. The van der Waals surface area contributed by atoms with E-state index in [1.165, 1.54) is 12.1 Å². The molecule has 24 heavy (non-hydrogen) atoms. The highest BCUT2D eigenvalue weighted by Gasteiger charge is 2.14. The van der Waals surface area contributed by atoms with Crippen LogP contribution in [0.2, 0.25) is 0 Å². The van der Waals surface area contributed by atoms with Gasteiger partial charge < -0.3 is 9.26 Å². The van der Waals surface area contributed by atoms with Crippen LogP contribution < -0.4 is 0 Å². The van der Waals surface area contributed by atoms with E-state index in [0.29, 0.717) is 11.4 Å². The smallest absolute Gasteiger partial charge is 0.338 e. The molecule has 0 N–H and O–H groups in total. The summed E-state index contributed by atoms with van der Waals surface area (Å²) < 4.78 is 23.7. The zero-order valence-electron chi connectivity index (χ0n) is 13.2. The van der Waals surface area contributed by atoms with Crippen molar-refractivity contribution in [2.24, 2.45) is 0 Å². The van der Waals surface area contributed by atoms with Crippen molar-refractivity contribution in [2.75, 3.05) is 0 Å².